The average Bonchev–Trinajstić information content (AvgIpc) is 3.57. The Morgan fingerprint density at radius 2 is 0.631 bits per heavy atom. The summed E-state index contributed by atoms with van der Waals surface area (Å²) < 4.78 is 1.63. The van der Waals surface area contributed by atoms with Crippen molar-refractivity contribution in [2.24, 2.45) is 0 Å². The molecule has 0 radical (unpaired) electrons. The molecule has 3 rings (SSSR count). The van der Waals surface area contributed by atoms with Crippen LogP contribution in [0, 0.1) is 13.8 Å². The monoisotopic (exact) mass is 937 g/mol. The predicted molar refractivity (Wildman–Crippen MR) is 288 cm³/mol. The van der Waals surface area contributed by atoms with Gasteiger partial charge in [-0.25, -0.2) is 4.70 Å². The van der Waals surface area contributed by atoms with E-state index in [9.17, 15) is 5.53 Å². The van der Waals surface area contributed by atoms with Gasteiger partial charge in [0.25, 0.3) is 0 Å². The molecule has 0 aromatic heterocycles. The first-order valence-electron chi connectivity index (χ1n) is 28.5. The second-order valence-electron chi connectivity index (χ2n) is 20.0. The van der Waals surface area contributed by atoms with Gasteiger partial charge in [0.05, 0.1) is 0 Å². The molecule has 0 spiro atoms. The first-order valence-corrected chi connectivity index (χ1v) is 29.9. The molecular weight excluding hydrogens is 831 g/mol. The molecule has 0 fully saturated rings. The van der Waals surface area contributed by atoms with Crippen LogP contribution in [-0.2, 0) is 27.3 Å². The third kappa shape index (κ3) is 26.4. The van der Waals surface area contributed by atoms with E-state index >= 15 is 0 Å². The molecule has 1 aliphatic rings. The van der Waals surface area contributed by atoms with E-state index in [1.807, 2.05) is 14.4 Å². The molecule has 2 aromatic rings. The molecule has 3 heteroatoms. The summed E-state index contributed by atoms with van der Waals surface area (Å²) in [5.74, 6) is 0. The molecule has 65 heavy (non-hydrogen) atoms. The van der Waals surface area contributed by atoms with Crippen molar-refractivity contribution in [2.45, 2.75) is 297 Å². The zero-order chi connectivity index (χ0) is 47.2. The fourth-order valence-corrected chi connectivity index (χ4v) is 10.9. The van der Waals surface area contributed by atoms with Crippen molar-refractivity contribution < 1.29 is 19.1 Å². The second kappa shape index (κ2) is 40.0. The number of allylic oxidation sites excluding steroid dienone is 2. The van der Waals surface area contributed by atoms with E-state index in [-0.39, 0.29) is 0 Å². The summed E-state index contributed by atoms with van der Waals surface area (Å²) in [6, 6.07) is 14.2. The molecule has 0 saturated carbocycles. The molecule has 374 valence electrons. The quantitative estimate of drug-likeness (QED) is 0.0361. The topological polar surface area (TPSA) is 25.3 Å². The number of hydrogen-bond acceptors (Lipinski definition) is 0. The van der Waals surface area contributed by atoms with Crippen LogP contribution < -0.4 is 0 Å². The molecule has 0 atom stereocenters. The van der Waals surface area contributed by atoms with Gasteiger partial charge in [-0.15, -0.1) is 0 Å². The first-order chi connectivity index (χ1) is 31.8. The van der Waals surface area contributed by atoms with Gasteiger partial charge in [-0.3, -0.25) is 0 Å². The summed E-state index contributed by atoms with van der Waals surface area (Å²) in [4.78, 5) is 0. The summed E-state index contributed by atoms with van der Waals surface area (Å²) in [6.07, 6.45) is 47.5. The van der Waals surface area contributed by atoms with Crippen LogP contribution in [0.5, 0.6) is 0 Å². The van der Waals surface area contributed by atoms with Gasteiger partial charge in [0.2, 0.25) is 11.4 Å². The normalized spacial score (nSPS) is 12.8. The molecule has 0 amide bonds. The second-order valence-corrected chi connectivity index (χ2v) is 21.5. The van der Waals surface area contributed by atoms with E-state index in [0.29, 0.717) is 0 Å². The van der Waals surface area contributed by atoms with Crippen LogP contribution in [0.1, 0.15) is 293 Å². The van der Waals surface area contributed by atoms with Gasteiger partial charge in [-0.2, -0.15) is 0 Å². The number of aryl methyl sites for hydroxylation is 4. The van der Waals surface area contributed by atoms with E-state index in [1.54, 1.807) is 4.70 Å². The van der Waals surface area contributed by atoms with Crippen molar-refractivity contribution in [1.82, 2.24) is 0 Å². The molecule has 0 aliphatic carbocycles. The van der Waals surface area contributed by atoms with Crippen molar-refractivity contribution in [3.05, 3.63) is 86.5 Å². The summed E-state index contributed by atoms with van der Waals surface area (Å²) >= 11 is 2.01. The number of nitrogens with zero attached hydrogens (tertiary/aromatic N) is 2. The number of rotatable bonds is 40. The van der Waals surface area contributed by atoms with Crippen LogP contribution in [0.2, 0.25) is 10.8 Å². The predicted octanol–water partition coefficient (Wildman–Crippen LogP) is 21.8. The maximum absolute atomic E-state index is 12.3. The minimum atomic E-state index is 1.02. The van der Waals surface area contributed by atoms with Crippen LogP contribution >= 0.6 is 0 Å². The van der Waals surface area contributed by atoms with E-state index in [4.69, 9.17) is 0 Å². The Balaban J connectivity index is 0.000000720. The average molecular weight is 938 g/mol. The third-order valence-electron chi connectivity index (χ3n) is 13.5. The molecule has 0 N–H and O–H groups in total. The molecule has 0 saturated heterocycles. The van der Waals surface area contributed by atoms with Crippen LogP contribution in [0.25, 0.3) is 16.9 Å². The van der Waals surface area contributed by atoms with Crippen LogP contribution in [0.4, 0.5) is 0 Å². The zero-order valence-corrected chi connectivity index (χ0v) is 45.5. The molecule has 0 unspecified atom stereocenters. The summed E-state index contributed by atoms with van der Waals surface area (Å²) in [7, 11) is 0. The number of unbranched alkanes of at least 4 members (excludes halogenated alkanes) is 26. The van der Waals surface area contributed by atoms with Gasteiger partial charge in [0.15, 0.2) is 0 Å². The fourth-order valence-electron chi connectivity index (χ4n) is 9.68. The maximum atomic E-state index is 12.3. The van der Waals surface area contributed by atoms with E-state index in [2.05, 4.69) is 91.8 Å². The van der Waals surface area contributed by atoms with E-state index in [1.165, 1.54) is 248 Å². The molecule has 1 heterocycles. The van der Waals surface area contributed by atoms with Gasteiger partial charge < -0.3 is 5.53 Å². The Hall–Kier alpha value is -1.99. The van der Waals surface area contributed by atoms with Crippen molar-refractivity contribution in [2.75, 3.05) is 0 Å². The molecule has 0 bridgehead atoms. The summed E-state index contributed by atoms with van der Waals surface area (Å²) in [5, 5.41) is 2.85. The van der Waals surface area contributed by atoms with Crippen LogP contribution in [0.15, 0.2) is 47.5 Å². The molecular formula is C62H106N2Ni. The van der Waals surface area contributed by atoms with Crippen LogP contribution in [-0.4, -0.2) is 4.70 Å². The van der Waals surface area contributed by atoms with Gasteiger partial charge in [-0.1, -0.05) is 154 Å². The number of benzene rings is 2. The Kier molecular flexibility index (Phi) is 36.4. The minimum absolute atomic E-state index is 1.02. The Morgan fingerprint density at radius 1 is 0.338 bits per heavy atom. The first kappa shape index (κ1) is 59.1. The number of hydrogen-bond donors (Lipinski definition) is 0. The Morgan fingerprint density at radius 3 is 0.985 bits per heavy atom. The van der Waals surface area contributed by atoms with Crippen molar-refractivity contribution in [3.8, 4) is 0 Å². The third-order valence-corrected chi connectivity index (χ3v) is 14.9. The van der Waals surface area contributed by atoms with Crippen molar-refractivity contribution >= 4 is 11.4 Å². The van der Waals surface area contributed by atoms with Gasteiger partial charge in [0, 0.05) is 22.3 Å². The van der Waals surface area contributed by atoms with Gasteiger partial charge in [0.1, 0.15) is 0 Å². The molecule has 2 aromatic carbocycles. The SMILES string of the molecule is CCCCCCCCC1=C(c2cc(C)cc(CCCCCCCC)c2)[N+](=[N-])C(c2cc(C)cc(CCCCCCCC)c2)=C1CCCC.CCCCCCC[CH2][Ni][CH2]CCCCCCC. The summed E-state index contributed by atoms with van der Waals surface area (Å²) in [5.41, 5.74) is 25.0. The standard InChI is InChI=1S/C46H72N2.2C8H17.Ni/c1-7-11-15-18-21-24-27-39-31-37(5)33-41(35-39)45-43(29-14-10-4)44(30-26-23-20-17-13-9-3)46(48(45)47)42-34-38(6)32-40(36-42)28-25-22-19-16-12-8-2;2*1-3-5-7-8-6-4-2;/h31-36H,7-30H2,1-6H3;2*1,3-8H2,2H3;. The van der Waals surface area contributed by atoms with E-state index < -0.39 is 0 Å². The Bertz CT molecular complexity index is 1550. The van der Waals surface area contributed by atoms with Crippen molar-refractivity contribution in [3.63, 3.8) is 0 Å². The zero-order valence-electron chi connectivity index (χ0n) is 44.5. The molecule has 2 nitrogen and oxygen atoms in total. The Labute approximate surface area is 412 Å². The van der Waals surface area contributed by atoms with E-state index in [0.717, 1.165) is 49.9 Å². The summed E-state index contributed by atoms with van der Waals surface area (Å²) in [6.45, 7) is 18.2. The molecule has 1 aliphatic heterocycles. The van der Waals surface area contributed by atoms with Gasteiger partial charge in [-0.05, 0) is 101 Å². The fraction of sp³-hybridized carbons (Fsp3) is 0.742. The van der Waals surface area contributed by atoms with Gasteiger partial charge >= 0.3 is 116 Å². The van der Waals surface area contributed by atoms with Crippen molar-refractivity contribution in [1.29, 1.82) is 0 Å². The van der Waals surface area contributed by atoms with Crippen LogP contribution in [0.3, 0.4) is 0 Å².